The van der Waals surface area contributed by atoms with E-state index in [1.165, 1.54) is 0 Å². The third-order valence-corrected chi connectivity index (χ3v) is 3.37. The summed E-state index contributed by atoms with van der Waals surface area (Å²) >= 11 is 0. The van der Waals surface area contributed by atoms with Crippen molar-refractivity contribution in [2.75, 3.05) is 26.8 Å². The first-order valence-electron chi connectivity index (χ1n) is 7.28. The summed E-state index contributed by atoms with van der Waals surface area (Å²) in [6.07, 6.45) is 2.92. The number of nitrogens with one attached hydrogen (secondary N) is 3. The van der Waals surface area contributed by atoms with Crippen LogP contribution in [0.15, 0.2) is 30.5 Å². The molecule has 0 bridgehead atoms. The van der Waals surface area contributed by atoms with Crippen molar-refractivity contribution >= 4 is 22.7 Å². The smallest absolute Gasteiger partial charge is 0.239 e. The quantitative estimate of drug-likeness (QED) is 0.636. The maximum absolute atomic E-state index is 11.8. The number of ether oxygens (including phenoxy) is 1. The van der Waals surface area contributed by atoms with Gasteiger partial charge >= 0.3 is 0 Å². The molecule has 2 rings (SSSR count). The minimum Gasteiger partial charge on any atom is -0.383 e. The van der Waals surface area contributed by atoms with E-state index in [1.54, 1.807) is 7.11 Å². The number of H-pyrrole nitrogens is 1. The van der Waals surface area contributed by atoms with E-state index in [0.29, 0.717) is 26.0 Å². The number of carbonyl (C=O) groups is 2. The van der Waals surface area contributed by atoms with Crippen LogP contribution in [0.2, 0.25) is 0 Å². The molecule has 6 heteroatoms. The Bertz CT molecular complexity index is 636. The molecule has 0 spiro atoms. The molecule has 118 valence electrons. The van der Waals surface area contributed by atoms with Gasteiger partial charge in [0.05, 0.1) is 13.2 Å². The zero-order chi connectivity index (χ0) is 15.8. The van der Waals surface area contributed by atoms with E-state index in [1.807, 2.05) is 30.5 Å². The lowest BCUT2D eigenvalue weighted by Gasteiger charge is -2.06. The zero-order valence-corrected chi connectivity index (χ0v) is 12.6. The number of amides is 2. The van der Waals surface area contributed by atoms with Gasteiger partial charge in [-0.3, -0.25) is 9.59 Å². The Balaban J connectivity index is 1.73. The van der Waals surface area contributed by atoms with Gasteiger partial charge in [0, 0.05) is 37.2 Å². The number of para-hydroxylation sites is 1. The molecular weight excluding hydrogens is 282 g/mol. The summed E-state index contributed by atoms with van der Waals surface area (Å²) in [6.45, 7) is 0.900. The van der Waals surface area contributed by atoms with Crippen LogP contribution >= 0.6 is 0 Å². The fourth-order valence-corrected chi connectivity index (χ4v) is 2.21. The molecule has 0 fully saturated rings. The lowest BCUT2D eigenvalue weighted by atomic mass is 10.1. The number of aryl methyl sites for hydroxylation is 1. The lowest BCUT2D eigenvalue weighted by Crippen LogP contribution is -2.38. The number of aromatic amines is 1. The zero-order valence-electron chi connectivity index (χ0n) is 12.6. The molecule has 0 radical (unpaired) electrons. The minimum atomic E-state index is -0.211. The summed E-state index contributed by atoms with van der Waals surface area (Å²) < 4.78 is 4.83. The highest BCUT2D eigenvalue weighted by atomic mass is 16.5. The Morgan fingerprint density at radius 2 is 2.00 bits per heavy atom. The SMILES string of the molecule is COCCNC(=O)CNC(=O)CCc1c[nH]c2ccccc12. The Labute approximate surface area is 129 Å². The first kappa shape index (κ1) is 16.0. The van der Waals surface area contributed by atoms with E-state index in [-0.39, 0.29) is 18.4 Å². The number of hydrogen-bond acceptors (Lipinski definition) is 3. The van der Waals surface area contributed by atoms with Gasteiger partial charge in [0.2, 0.25) is 11.8 Å². The van der Waals surface area contributed by atoms with Crippen LogP contribution in [0.4, 0.5) is 0 Å². The van der Waals surface area contributed by atoms with Crippen LogP contribution < -0.4 is 10.6 Å². The van der Waals surface area contributed by atoms with Gasteiger partial charge < -0.3 is 20.4 Å². The molecule has 0 saturated heterocycles. The molecule has 6 nitrogen and oxygen atoms in total. The highest BCUT2D eigenvalue weighted by Gasteiger charge is 2.08. The predicted octanol–water partition coefficient (Wildman–Crippen LogP) is 0.979. The number of aromatic nitrogens is 1. The maximum Gasteiger partial charge on any atom is 0.239 e. The maximum atomic E-state index is 11.8. The first-order chi connectivity index (χ1) is 10.7. The van der Waals surface area contributed by atoms with Crippen molar-refractivity contribution in [1.29, 1.82) is 0 Å². The number of fused-ring (bicyclic) bond motifs is 1. The number of benzene rings is 1. The molecule has 0 aliphatic rings. The van der Waals surface area contributed by atoms with Crippen molar-refractivity contribution < 1.29 is 14.3 Å². The molecule has 2 aromatic rings. The van der Waals surface area contributed by atoms with Crippen LogP contribution in [0.3, 0.4) is 0 Å². The Morgan fingerprint density at radius 1 is 1.18 bits per heavy atom. The second-order valence-corrected chi connectivity index (χ2v) is 4.98. The van der Waals surface area contributed by atoms with Crippen LogP contribution in [-0.4, -0.2) is 43.6 Å². The highest BCUT2D eigenvalue weighted by Crippen LogP contribution is 2.18. The molecule has 0 aliphatic heterocycles. The van der Waals surface area contributed by atoms with Gasteiger partial charge in [0.25, 0.3) is 0 Å². The summed E-state index contributed by atoms with van der Waals surface area (Å²) in [5.74, 6) is -0.343. The van der Waals surface area contributed by atoms with Gasteiger partial charge in [0.15, 0.2) is 0 Å². The first-order valence-corrected chi connectivity index (χ1v) is 7.28. The van der Waals surface area contributed by atoms with E-state index in [0.717, 1.165) is 16.5 Å². The number of rotatable bonds is 8. The van der Waals surface area contributed by atoms with E-state index in [2.05, 4.69) is 15.6 Å². The van der Waals surface area contributed by atoms with Crippen LogP contribution in [0.25, 0.3) is 10.9 Å². The van der Waals surface area contributed by atoms with Crippen LogP contribution in [0.1, 0.15) is 12.0 Å². The highest BCUT2D eigenvalue weighted by molar-refractivity contribution is 5.86. The van der Waals surface area contributed by atoms with Crippen molar-refractivity contribution in [3.63, 3.8) is 0 Å². The van der Waals surface area contributed by atoms with E-state index in [9.17, 15) is 9.59 Å². The molecule has 1 aromatic carbocycles. The van der Waals surface area contributed by atoms with Gasteiger partial charge in [-0.05, 0) is 18.1 Å². The predicted molar refractivity (Wildman–Crippen MR) is 84.5 cm³/mol. The third kappa shape index (κ3) is 4.60. The topological polar surface area (TPSA) is 83.2 Å². The van der Waals surface area contributed by atoms with Gasteiger partial charge in [-0.2, -0.15) is 0 Å². The van der Waals surface area contributed by atoms with Crippen molar-refractivity contribution in [1.82, 2.24) is 15.6 Å². The average Bonchev–Trinajstić information content (AvgIpc) is 2.94. The molecule has 3 N–H and O–H groups in total. The van der Waals surface area contributed by atoms with Crippen molar-refractivity contribution in [2.45, 2.75) is 12.8 Å². The Kier molecular flexibility index (Phi) is 5.97. The summed E-state index contributed by atoms with van der Waals surface area (Å²) in [6, 6.07) is 7.98. The molecule has 1 heterocycles. The molecule has 2 amide bonds. The lowest BCUT2D eigenvalue weighted by molar-refractivity contribution is -0.126. The monoisotopic (exact) mass is 303 g/mol. The second-order valence-electron chi connectivity index (χ2n) is 4.98. The van der Waals surface area contributed by atoms with E-state index in [4.69, 9.17) is 4.74 Å². The van der Waals surface area contributed by atoms with Crippen LogP contribution in [0.5, 0.6) is 0 Å². The molecule has 0 atom stereocenters. The summed E-state index contributed by atoms with van der Waals surface area (Å²) in [4.78, 5) is 26.4. The Morgan fingerprint density at radius 3 is 2.82 bits per heavy atom. The van der Waals surface area contributed by atoms with Gasteiger partial charge in [-0.1, -0.05) is 18.2 Å². The van der Waals surface area contributed by atoms with Crippen LogP contribution in [0, 0.1) is 0 Å². The minimum absolute atomic E-state index is 0.00354. The van der Waals surface area contributed by atoms with Gasteiger partial charge in [-0.15, -0.1) is 0 Å². The standard InChI is InChI=1S/C16H21N3O3/c1-22-9-8-17-16(21)11-19-15(20)7-6-12-10-18-14-5-3-2-4-13(12)14/h2-5,10,18H,6-9,11H2,1H3,(H,17,21)(H,19,20). The van der Waals surface area contributed by atoms with Crippen molar-refractivity contribution in [3.05, 3.63) is 36.0 Å². The number of hydrogen-bond donors (Lipinski definition) is 3. The number of carbonyl (C=O) groups excluding carboxylic acids is 2. The number of methoxy groups -OCH3 is 1. The summed E-state index contributed by atoms with van der Waals surface area (Å²) in [5, 5.41) is 6.40. The van der Waals surface area contributed by atoms with E-state index < -0.39 is 0 Å². The molecular formula is C16H21N3O3. The fourth-order valence-electron chi connectivity index (χ4n) is 2.21. The molecule has 22 heavy (non-hydrogen) atoms. The van der Waals surface area contributed by atoms with Gasteiger partial charge in [0.1, 0.15) is 0 Å². The van der Waals surface area contributed by atoms with E-state index >= 15 is 0 Å². The van der Waals surface area contributed by atoms with Crippen molar-refractivity contribution in [3.8, 4) is 0 Å². The molecule has 0 unspecified atom stereocenters. The van der Waals surface area contributed by atoms with Crippen molar-refractivity contribution in [2.24, 2.45) is 0 Å². The molecule has 0 aliphatic carbocycles. The fraction of sp³-hybridized carbons (Fsp3) is 0.375. The normalized spacial score (nSPS) is 10.6. The average molecular weight is 303 g/mol. The Hall–Kier alpha value is -2.34. The largest absolute Gasteiger partial charge is 0.383 e. The molecule has 1 aromatic heterocycles. The van der Waals surface area contributed by atoms with Gasteiger partial charge in [-0.25, -0.2) is 0 Å². The molecule has 0 saturated carbocycles. The summed E-state index contributed by atoms with van der Waals surface area (Å²) in [7, 11) is 1.57. The third-order valence-electron chi connectivity index (χ3n) is 3.37. The summed E-state index contributed by atoms with van der Waals surface area (Å²) in [5.41, 5.74) is 2.17. The second kappa shape index (κ2) is 8.19. The van der Waals surface area contributed by atoms with Crippen LogP contribution in [-0.2, 0) is 20.7 Å².